The van der Waals surface area contributed by atoms with E-state index in [0.717, 1.165) is 10.8 Å². The highest BCUT2D eigenvalue weighted by Gasteiger charge is 2.33. The molecule has 1 atom stereocenters. The zero-order chi connectivity index (χ0) is 13.2. The molecule has 0 bridgehead atoms. The Morgan fingerprint density at radius 1 is 1.06 bits per heavy atom. The molecule has 18 heavy (non-hydrogen) atoms. The van der Waals surface area contributed by atoms with Crippen molar-refractivity contribution in [2.75, 3.05) is 4.43 Å². The Balaban J connectivity index is 2.33. The third-order valence-corrected chi connectivity index (χ3v) is 3.36. The van der Waals surface area contributed by atoms with E-state index in [0.29, 0.717) is 5.56 Å². The summed E-state index contributed by atoms with van der Waals surface area (Å²) in [7, 11) is 0. The molecular formula is C13H10F3IO. The van der Waals surface area contributed by atoms with E-state index in [1.165, 1.54) is 0 Å². The van der Waals surface area contributed by atoms with Gasteiger partial charge in [-0.2, -0.15) is 0 Å². The van der Waals surface area contributed by atoms with Crippen molar-refractivity contribution < 1.29 is 17.9 Å². The van der Waals surface area contributed by atoms with Crippen LogP contribution < -0.4 is 0 Å². The first kappa shape index (κ1) is 13.6. The number of ether oxygens (including phenoxy) is 1. The Kier molecular flexibility index (Phi) is 4.11. The smallest absolute Gasteiger partial charge is 0.283 e. The third-order valence-electron chi connectivity index (χ3n) is 2.56. The quantitative estimate of drug-likeness (QED) is 0.557. The van der Waals surface area contributed by atoms with Gasteiger partial charge in [0.25, 0.3) is 0 Å². The predicted molar refractivity (Wildman–Crippen MR) is 72.7 cm³/mol. The number of fused-ring (bicyclic) bond motifs is 1. The van der Waals surface area contributed by atoms with Gasteiger partial charge in [-0.15, -0.1) is 13.2 Å². The van der Waals surface area contributed by atoms with Gasteiger partial charge in [0.1, 0.15) is 6.10 Å². The molecule has 2 aromatic rings. The van der Waals surface area contributed by atoms with Crippen molar-refractivity contribution in [1.82, 2.24) is 0 Å². The van der Waals surface area contributed by atoms with Crippen molar-refractivity contribution in [3.8, 4) is 0 Å². The molecule has 2 aromatic carbocycles. The van der Waals surface area contributed by atoms with Crippen LogP contribution in [0.25, 0.3) is 10.8 Å². The summed E-state index contributed by atoms with van der Waals surface area (Å²) in [4.78, 5) is 0. The van der Waals surface area contributed by atoms with Gasteiger partial charge in [0, 0.05) is 4.43 Å². The maximum atomic E-state index is 12.3. The SMILES string of the molecule is FC(F)(F)OC(CI)c1ccc2ccccc2c1. The van der Waals surface area contributed by atoms with Crippen LogP contribution in [0.5, 0.6) is 0 Å². The molecule has 2 rings (SSSR count). The standard InChI is InChI=1S/C13H10F3IO/c14-13(15,16)18-12(8-17)11-6-5-9-3-1-2-4-10(9)7-11/h1-7,12H,8H2. The molecule has 0 radical (unpaired) electrons. The van der Waals surface area contributed by atoms with Gasteiger partial charge in [0.05, 0.1) is 0 Å². The molecule has 0 N–H and O–H groups in total. The summed E-state index contributed by atoms with van der Waals surface area (Å²) in [5.74, 6) is 0. The van der Waals surface area contributed by atoms with E-state index in [1.807, 2.05) is 52.9 Å². The highest BCUT2D eigenvalue weighted by molar-refractivity contribution is 14.1. The van der Waals surface area contributed by atoms with Crippen molar-refractivity contribution in [2.45, 2.75) is 12.5 Å². The van der Waals surface area contributed by atoms with Crippen LogP contribution in [0, 0.1) is 0 Å². The lowest BCUT2D eigenvalue weighted by Gasteiger charge is -2.18. The molecule has 0 aliphatic heterocycles. The highest BCUT2D eigenvalue weighted by atomic mass is 127. The molecular weight excluding hydrogens is 356 g/mol. The molecule has 0 fully saturated rings. The Hall–Kier alpha value is -0.820. The van der Waals surface area contributed by atoms with Gasteiger partial charge in [-0.3, -0.25) is 4.74 Å². The third kappa shape index (κ3) is 3.35. The van der Waals surface area contributed by atoms with Gasteiger partial charge >= 0.3 is 6.36 Å². The molecule has 0 spiro atoms. The molecule has 0 saturated carbocycles. The number of halogens is 4. The lowest BCUT2D eigenvalue weighted by atomic mass is 10.0. The molecule has 96 valence electrons. The summed E-state index contributed by atoms with van der Waals surface area (Å²) in [5.41, 5.74) is 0.542. The summed E-state index contributed by atoms with van der Waals surface area (Å²) in [6.07, 6.45) is -5.57. The second kappa shape index (κ2) is 5.44. The maximum Gasteiger partial charge on any atom is 0.523 e. The van der Waals surface area contributed by atoms with Gasteiger partial charge in [-0.25, -0.2) is 0 Å². The van der Waals surface area contributed by atoms with Crippen LogP contribution in [0.1, 0.15) is 11.7 Å². The summed E-state index contributed by atoms with van der Waals surface area (Å²) in [5, 5.41) is 1.91. The largest absolute Gasteiger partial charge is 0.523 e. The number of hydrogen-bond donors (Lipinski definition) is 0. The number of alkyl halides is 4. The first-order valence-electron chi connectivity index (χ1n) is 5.29. The first-order chi connectivity index (χ1) is 8.49. The topological polar surface area (TPSA) is 9.23 Å². The summed E-state index contributed by atoms with van der Waals surface area (Å²) in [6, 6.07) is 12.8. The Morgan fingerprint density at radius 2 is 1.72 bits per heavy atom. The normalized spacial score (nSPS) is 13.8. The van der Waals surface area contributed by atoms with Crippen LogP contribution in [0.15, 0.2) is 42.5 Å². The van der Waals surface area contributed by atoms with E-state index in [1.54, 1.807) is 12.1 Å². The second-order valence-corrected chi connectivity index (χ2v) is 4.69. The van der Waals surface area contributed by atoms with E-state index >= 15 is 0 Å². The monoisotopic (exact) mass is 366 g/mol. The van der Waals surface area contributed by atoms with E-state index in [4.69, 9.17) is 0 Å². The fourth-order valence-electron chi connectivity index (χ4n) is 1.76. The van der Waals surface area contributed by atoms with Crippen molar-refractivity contribution in [2.24, 2.45) is 0 Å². The van der Waals surface area contributed by atoms with Crippen LogP contribution in [0.2, 0.25) is 0 Å². The number of hydrogen-bond acceptors (Lipinski definition) is 1. The Labute approximate surface area is 116 Å². The lowest BCUT2D eigenvalue weighted by molar-refractivity contribution is -0.341. The molecule has 0 saturated heterocycles. The molecule has 0 aromatic heterocycles. The zero-order valence-electron chi connectivity index (χ0n) is 9.25. The van der Waals surface area contributed by atoms with E-state index in [9.17, 15) is 13.2 Å². The van der Waals surface area contributed by atoms with Gasteiger partial charge in [0.15, 0.2) is 0 Å². The van der Waals surface area contributed by atoms with Crippen LogP contribution in [0.4, 0.5) is 13.2 Å². The Morgan fingerprint density at radius 3 is 2.33 bits per heavy atom. The molecule has 1 unspecified atom stereocenters. The fraction of sp³-hybridized carbons (Fsp3) is 0.231. The molecule has 0 aliphatic carbocycles. The minimum atomic E-state index is -4.61. The fourth-order valence-corrected chi connectivity index (χ4v) is 2.45. The summed E-state index contributed by atoms with van der Waals surface area (Å²) >= 11 is 1.89. The summed E-state index contributed by atoms with van der Waals surface area (Å²) in [6.45, 7) is 0. The average Bonchev–Trinajstić information content (AvgIpc) is 2.34. The van der Waals surface area contributed by atoms with Gasteiger partial charge in [-0.1, -0.05) is 59.0 Å². The summed E-state index contributed by atoms with van der Waals surface area (Å²) < 4.78 is 41.2. The Bertz CT molecular complexity index is 539. The van der Waals surface area contributed by atoms with E-state index in [2.05, 4.69) is 4.74 Å². The van der Waals surface area contributed by atoms with Crippen molar-refractivity contribution in [3.05, 3.63) is 48.0 Å². The van der Waals surface area contributed by atoms with Crippen molar-refractivity contribution >= 4 is 33.4 Å². The number of rotatable bonds is 3. The maximum absolute atomic E-state index is 12.3. The van der Waals surface area contributed by atoms with Gasteiger partial charge in [-0.05, 0) is 22.4 Å². The zero-order valence-corrected chi connectivity index (χ0v) is 11.4. The van der Waals surface area contributed by atoms with Gasteiger partial charge in [0.2, 0.25) is 0 Å². The second-order valence-electron chi connectivity index (χ2n) is 3.81. The lowest BCUT2D eigenvalue weighted by Crippen LogP contribution is -2.19. The van der Waals surface area contributed by atoms with E-state index in [-0.39, 0.29) is 4.43 Å². The van der Waals surface area contributed by atoms with Crippen LogP contribution in [-0.2, 0) is 4.74 Å². The molecule has 0 aliphatic rings. The highest BCUT2D eigenvalue weighted by Crippen LogP contribution is 2.30. The van der Waals surface area contributed by atoms with Crippen molar-refractivity contribution in [3.63, 3.8) is 0 Å². The molecule has 5 heteroatoms. The van der Waals surface area contributed by atoms with Gasteiger partial charge < -0.3 is 0 Å². The molecule has 0 amide bonds. The van der Waals surface area contributed by atoms with Crippen LogP contribution in [0.3, 0.4) is 0 Å². The van der Waals surface area contributed by atoms with E-state index < -0.39 is 12.5 Å². The molecule has 0 heterocycles. The minimum Gasteiger partial charge on any atom is -0.283 e. The number of benzene rings is 2. The minimum absolute atomic E-state index is 0.246. The first-order valence-corrected chi connectivity index (χ1v) is 6.81. The average molecular weight is 366 g/mol. The van der Waals surface area contributed by atoms with Crippen molar-refractivity contribution in [1.29, 1.82) is 0 Å². The van der Waals surface area contributed by atoms with Crippen LogP contribution >= 0.6 is 22.6 Å². The predicted octanol–water partition coefficient (Wildman–Crippen LogP) is 4.85. The van der Waals surface area contributed by atoms with Crippen LogP contribution in [-0.4, -0.2) is 10.8 Å². The molecule has 1 nitrogen and oxygen atoms in total.